The van der Waals surface area contributed by atoms with Gasteiger partial charge in [-0.25, -0.2) is 0 Å². The minimum absolute atomic E-state index is 0.143. The van der Waals surface area contributed by atoms with Gasteiger partial charge in [0.25, 0.3) is 0 Å². The molecule has 0 unspecified atom stereocenters. The average molecular weight is 314 g/mol. The molecule has 0 N–H and O–H groups in total. The minimum atomic E-state index is -0.375. The van der Waals surface area contributed by atoms with Crippen molar-refractivity contribution >= 4 is 28.6 Å². The summed E-state index contributed by atoms with van der Waals surface area (Å²) in [6.07, 6.45) is 1.18. The topological polar surface area (TPSA) is 35.5 Å². The van der Waals surface area contributed by atoms with Crippen molar-refractivity contribution in [2.24, 2.45) is 0 Å². The van der Waals surface area contributed by atoms with Crippen LogP contribution in [0.4, 0.5) is 0 Å². The number of hydrogen-bond acceptors (Lipinski definition) is 3. The Balaban J connectivity index is 3.36. The summed E-state index contributed by atoms with van der Waals surface area (Å²) >= 11 is 2.25. The van der Waals surface area contributed by atoms with E-state index in [4.69, 9.17) is 9.47 Å². The van der Waals surface area contributed by atoms with Gasteiger partial charge in [-0.05, 0) is 27.2 Å². The summed E-state index contributed by atoms with van der Waals surface area (Å²) in [6, 6.07) is 0. The van der Waals surface area contributed by atoms with Crippen LogP contribution in [0.1, 0.15) is 33.6 Å². The van der Waals surface area contributed by atoms with Crippen LogP contribution in [0.5, 0.6) is 0 Å². The fourth-order valence-corrected chi connectivity index (χ4v) is 1.18. The third kappa shape index (κ3) is 10.2. The Morgan fingerprint density at radius 3 is 2.43 bits per heavy atom. The van der Waals surface area contributed by atoms with Gasteiger partial charge in [0, 0.05) is 17.5 Å². The average Bonchev–Trinajstić information content (AvgIpc) is 2.00. The zero-order valence-corrected chi connectivity index (χ0v) is 11.3. The van der Waals surface area contributed by atoms with Crippen LogP contribution in [-0.4, -0.2) is 29.2 Å². The molecule has 0 rings (SSSR count). The van der Waals surface area contributed by atoms with Crippen molar-refractivity contribution in [3.05, 3.63) is 0 Å². The standard InChI is InChI=1S/C10H19IO3/c1-10(2,3)14-9(12)5-4-7-13-8-6-11/h4-8H2,1-3H3. The molecule has 0 aliphatic heterocycles. The van der Waals surface area contributed by atoms with Gasteiger partial charge in [-0.1, -0.05) is 22.6 Å². The molecule has 14 heavy (non-hydrogen) atoms. The van der Waals surface area contributed by atoms with Gasteiger partial charge in [-0.3, -0.25) is 4.79 Å². The van der Waals surface area contributed by atoms with Crippen LogP contribution in [0.15, 0.2) is 0 Å². The first-order chi connectivity index (χ1) is 6.45. The van der Waals surface area contributed by atoms with Crippen molar-refractivity contribution in [2.45, 2.75) is 39.2 Å². The molecule has 0 spiro atoms. The van der Waals surface area contributed by atoms with Crippen LogP contribution in [-0.2, 0) is 14.3 Å². The molecule has 0 saturated heterocycles. The number of ether oxygens (including phenoxy) is 2. The normalized spacial score (nSPS) is 11.4. The number of esters is 1. The summed E-state index contributed by atoms with van der Waals surface area (Å²) in [7, 11) is 0. The van der Waals surface area contributed by atoms with E-state index >= 15 is 0 Å². The Morgan fingerprint density at radius 1 is 1.29 bits per heavy atom. The first kappa shape index (κ1) is 14.2. The summed E-state index contributed by atoms with van der Waals surface area (Å²) < 4.78 is 11.4. The van der Waals surface area contributed by atoms with E-state index in [0.29, 0.717) is 13.0 Å². The molecule has 0 heterocycles. The van der Waals surface area contributed by atoms with Crippen LogP contribution >= 0.6 is 22.6 Å². The molecule has 4 heteroatoms. The Kier molecular flexibility index (Phi) is 7.54. The fourth-order valence-electron chi connectivity index (χ4n) is 0.868. The number of carbonyl (C=O) groups excluding carboxylic acids is 1. The Bertz CT molecular complexity index is 163. The van der Waals surface area contributed by atoms with Gasteiger partial charge in [-0.2, -0.15) is 0 Å². The van der Waals surface area contributed by atoms with Gasteiger partial charge in [0.2, 0.25) is 0 Å². The first-order valence-electron chi connectivity index (χ1n) is 4.81. The summed E-state index contributed by atoms with van der Waals surface area (Å²) in [5.74, 6) is -0.143. The smallest absolute Gasteiger partial charge is 0.306 e. The van der Waals surface area contributed by atoms with Crippen molar-refractivity contribution in [2.75, 3.05) is 17.6 Å². The maximum Gasteiger partial charge on any atom is 0.306 e. The van der Waals surface area contributed by atoms with Gasteiger partial charge >= 0.3 is 5.97 Å². The van der Waals surface area contributed by atoms with Crippen LogP contribution in [0.25, 0.3) is 0 Å². The van der Waals surface area contributed by atoms with Crippen molar-refractivity contribution in [1.29, 1.82) is 0 Å². The third-order valence-corrected chi connectivity index (χ3v) is 1.75. The lowest BCUT2D eigenvalue weighted by Crippen LogP contribution is -2.23. The van der Waals surface area contributed by atoms with Crippen molar-refractivity contribution in [3.63, 3.8) is 0 Å². The Morgan fingerprint density at radius 2 is 1.93 bits per heavy atom. The quantitative estimate of drug-likeness (QED) is 0.327. The molecule has 0 aromatic rings. The summed E-state index contributed by atoms with van der Waals surface area (Å²) in [5, 5.41) is 0. The lowest BCUT2D eigenvalue weighted by atomic mass is 10.2. The second-order valence-electron chi connectivity index (χ2n) is 3.99. The molecule has 0 atom stereocenters. The lowest BCUT2D eigenvalue weighted by molar-refractivity contribution is -0.155. The molecule has 84 valence electrons. The van der Waals surface area contributed by atoms with Gasteiger partial charge in [-0.15, -0.1) is 0 Å². The van der Waals surface area contributed by atoms with Crippen molar-refractivity contribution < 1.29 is 14.3 Å². The van der Waals surface area contributed by atoms with Crippen LogP contribution in [0.2, 0.25) is 0 Å². The summed E-state index contributed by atoms with van der Waals surface area (Å²) in [4.78, 5) is 11.2. The predicted octanol–water partition coefficient (Wildman–Crippen LogP) is 2.56. The molecule has 0 bridgehead atoms. The minimum Gasteiger partial charge on any atom is -0.460 e. The molecular weight excluding hydrogens is 295 g/mol. The molecule has 0 aliphatic carbocycles. The van der Waals surface area contributed by atoms with E-state index in [1.54, 1.807) is 0 Å². The number of hydrogen-bond donors (Lipinski definition) is 0. The zero-order valence-electron chi connectivity index (χ0n) is 9.14. The lowest BCUT2D eigenvalue weighted by Gasteiger charge is -2.19. The Hall–Kier alpha value is 0.160. The molecule has 3 nitrogen and oxygen atoms in total. The number of halogens is 1. The molecule has 0 radical (unpaired) electrons. The van der Waals surface area contributed by atoms with Gasteiger partial charge in [0.05, 0.1) is 6.61 Å². The van der Waals surface area contributed by atoms with Crippen molar-refractivity contribution in [1.82, 2.24) is 0 Å². The van der Waals surface area contributed by atoms with E-state index in [-0.39, 0.29) is 11.6 Å². The number of alkyl halides is 1. The molecule has 0 saturated carbocycles. The molecular formula is C10H19IO3. The first-order valence-corrected chi connectivity index (χ1v) is 6.34. The van der Waals surface area contributed by atoms with Crippen LogP contribution in [0, 0.1) is 0 Å². The zero-order chi connectivity index (χ0) is 11.0. The van der Waals surface area contributed by atoms with Crippen LogP contribution < -0.4 is 0 Å². The highest BCUT2D eigenvalue weighted by Gasteiger charge is 2.15. The highest BCUT2D eigenvalue weighted by Crippen LogP contribution is 2.08. The highest BCUT2D eigenvalue weighted by atomic mass is 127. The van der Waals surface area contributed by atoms with Gasteiger partial charge < -0.3 is 9.47 Å². The number of rotatable bonds is 6. The van der Waals surface area contributed by atoms with E-state index in [1.165, 1.54) is 0 Å². The molecule has 0 aliphatic rings. The SMILES string of the molecule is CC(C)(C)OC(=O)CCCOCCI. The molecule has 0 aromatic heterocycles. The predicted molar refractivity (Wildman–Crippen MR) is 64.8 cm³/mol. The molecule has 0 amide bonds. The second-order valence-corrected chi connectivity index (χ2v) is 5.07. The maximum atomic E-state index is 11.2. The van der Waals surface area contributed by atoms with Gasteiger partial charge in [0.15, 0.2) is 0 Å². The van der Waals surface area contributed by atoms with E-state index in [9.17, 15) is 4.79 Å². The summed E-state index contributed by atoms with van der Waals surface area (Å²) in [6.45, 7) is 7.02. The molecule has 0 fully saturated rings. The Labute approximate surface area is 99.7 Å². The highest BCUT2D eigenvalue weighted by molar-refractivity contribution is 14.1. The number of carbonyl (C=O) groups is 1. The monoisotopic (exact) mass is 314 g/mol. The van der Waals surface area contributed by atoms with E-state index in [0.717, 1.165) is 17.5 Å². The van der Waals surface area contributed by atoms with E-state index < -0.39 is 0 Å². The third-order valence-electron chi connectivity index (χ3n) is 1.31. The van der Waals surface area contributed by atoms with E-state index in [1.807, 2.05) is 20.8 Å². The van der Waals surface area contributed by atoms with Crippen LogP contribution in [0.3, 0.4) is 0 Å². The largest absolute Gasteiger partial charge is 0.460 e. The second kappa shape index (κ2) is 7.45. The van der Waals surface area contributed by atoms with E-state index in [2.05, 4.69) is 22.6 Å². The fraction of sp³-hybridized carbons (Fsp3) is 0.900. The maximum absolute atomic E-state index is 11.2. The van der Waals surface area contributed by atoms with Gasteiger partial charge in [0.1, 0.15) is 5.60 Å². The summed E-state index contributed by atoms with van der Waals surface area (Å²) in [5.41, 5.74) is -0.375. The van der Waals surface area contributed by atoms with Crippen molar-refractivity contribution in [3.8, 4) is 0 Å². The molecule has 0 aromatic carbocycles.